The summed E-state index contributed by atoms with van der Waals surface area (Å²) < 4.78 is 36.3. The largest absolute Gasteiger partial charge is 0.473 e. The Morgan fingerprint density at radius 3 is 2.42 bits per heavy atom. The molecule has 8 heteroatoms. The lowest BCUT2D eigenvalue weighted by molar-refractivity contribution is 0.234. The lowest BCUT2D eigenvalue weighted by Crippen LogP contribution is -2.32. The topological polar surface area (TPSA) is 105 Å². The van der Waals surface area contributed by atoms with E-state index in [-0.39, 0.29) is 11.6 Å². The molecule has 0 radical (unpaired) electrons. The van der Waals surface area contributed by atoms with Crippen molar-refractivity contribution in [2.45, 2.75) is 18.7 Å². The van der Waals surface area contributed by atoms with E-state index in [1.807, 2.05) is 32.0 Å². The van der Waals surface area contributed by atoms with E-state index in [2.05, 4.69) is 10.6 Å². The number of hydrogen-bond donors (Lipinski definition) is 3. The highest BCUT2D eigenvalue weighted by Crippen LogP contribution is 2.20. The van der Waals surface area contributed by atoms with E-state index < -0.39 is 16.1 Å². The summed E-state index contributed by atoms with van der Waals surface area (Å²) in [5, 5.41) is 5.06. The van der Waals surface area contributed by atoms with Crippen LogP contribution in [0.3, 0.4) is 0 Å². The Morgan fingerprint density at radius 2 is 1.79 bits per heavy atom. The van der Waals surface area contributed by atoms with Crippen LogP contribution in [0.4, 0.5) is 10.5 Å². The molecule has 0 aliphatic carbocycles. The number of carbonyl (C=O) groups excluding carboxylic acids is 1. The second-order valence-corrected chi connectivity index (χ2v) is 6.54. The number of hydrogen-bond acceptors (Lipinski definition) is 4. The van der Waals surface area contributed by atoms with Crippen LogP contribution >= 0.6 is 0 Å². The summed E-state index contributed by atoms with van der Waals surface area (Å²) in [5.74, 6) is 0.688. The second kappa shape index (κ2) is 7.33. The second-order valence-electron chi connectivity index (χ2n) is 5.12. The third-order valence-electron chi connectivity index (χ3n) is 3.43. The highest BCUT2D eigenvalue weighted by molar-refractivity contribution is 7.85. The Bertz CT molecular complexity index is 832. The summed E-state index contributed by atoms with van der Waals surface area (Å²) in [4.78, 5) is 11.5. The lowest BCUT2D eigenvalue weighted by Gasteiger charge is -2.12. The minimum absolute atomic E-state index is 0.0147. The molecule has 0 saturated carbocycles. The fourth-order valence-corrected chi connectivity index (χ4v) is 2.43. The minimum atomic E-state index is -4.25. The number of carbonyl (C=O) groups is 1. The van der Waals surface area contributed by atoms with Crippen molar-refractivity contribution in [1.82, 2.24) is 5.32 Å². The van der Waals surface area contributed by atoms with Crippen molar-refractivity contribution < 1.29 is 22.5 Å². The molecule has 0 aliphatic heterocycles. The van der Waals surface area contributed by atoms with Gasteiger partial charge in [-0.25, -0.2) is 4.79 Å². The molecule has 2 amide bonds. The van der Waals surface area contributed by atoms with Gasteiger partial charge in [-0.3, -0.25) is 4.55 Å². The summed E-state index contributed by atoms with van der Waals surface area (Å²) in [6, 6.07) is 10.3. The van der Waals surface area contributed by atoms with E-state index in [0.717, 1.165) is 11.1 Å². The predicted octanol–water partition coefficient (Wildman–Crippen LogP) is 2.71. The molecule has 0 unspecified atom stereocenters. The van der Waals surface area contributed by atoms with E-state index in [1.165, 1.54) is 24.3 Å². The Labute approximate surface area is 140 Å². The molecular weight excluding hydrogens is 332 g/mol. The maximum Gasteiger partial charge on any atom is 0.321 e. The molecule has 24 heavy (non-hydrogen) atoms. The third kappa shape index (κ3) is 4.71. The summed E-state index contributed by atoms with van der Waals surface area (Å²) in [6.45, 7) is 3.89. The minimum Gasteiger partial charge on any atom is -0.473 e. The van der Waals surface area contributed by atoms with Gasteiger partial charge in [-0.15, -0.1) is 0 Å². The molecule has 2 aromatic rings. The van der Waals surface area contributed by atoms with Gasteiger partial charge < -0.3 is 15.4 Å². The lowest BCUT2D eigenvalue weighted by atomic mass is 10.1. The van der Waals surface area contributed by atoms with Crippen LogP contribution in [0.1, 0.15) is 11.1 Å². The highest BCUT2D eigenvalue weighted by atomic mass is 32.2. The van der Waals surface area contributed by atoms with E-state index >= 15 is 0 Å². The quantitative estimate of drug-likeness (QED) is 0.568. The van der Waals surface area contributed by atoms with Gasteiger partial charge in [0.2, 0.25) is 0 Å². The van der Waals surface area contributed by atoms with Crippen LogP contribution in [0.25, 0.3) is 0 Å². The van der Waals surface area contributed by atoms with Gasteiger partial charge in [-0.05, 0) is 55.3 Å². The van der Waals surface area contributed by atoms with Gasteiger partial charge >= 0.3 is 6.03 Å². The molecule has 0 heterocycles. The Kier molecular flexibility index (Phi) is 5.42. The summed E-state index contributed by atoms with van der Waals surface area (Å²) >= 11 is 0. The van der Waals surface area contributed by atoms with Crippen molar-refractivity contribution >= 4 is 21.8 Å². The molecule has 128 valence electrons. The maximum atomic E-state index is 11.8. The molecule has 2 aromatic carbocycles. The summed E-state index contributed by atoms with van der Waals surface area (Å²) in [6.07, 6.45) is 0. The number of rotatable bonds is 5. The zero-order valence-corrected chi connectivity index (χ0v) is 14.1. The van der Waals surface area contributed by atoms with Crippen LogP contribution < -0.4 is 15.4 Å². The predicted molar refractivity (Wildman–Crippen MR) is 89.8 cm³/mol. The van der Waals surface area contributed by atoms with E-state index in [1.54, 1.807) is 0 Å². The molecule has 0 bridgehead atoms. The first-order valence-electron chi connectivity index (χ1n) is 7.09. The van der Waals surface area contributed by atoms with Crippen molar-refractivity contribution in [3.63, 3.8) is 0 Å². The van der Waals surface area contributed by atoms with Crippen LogP contribution in [0, 0.1) is 13.8 Å². The monoisotopic (exact) mass is 350 g/mol. The van der Waals surface area contributed by atoms with Crippen molar-refractivity contribution in [1.29, 1.82) is 0 Å². The first kappa shape index (κ1) is 17.8. The molecule has 7 nitrogen and oxygen atoms in total. The van der Waals surface area contributed by atoms with Crippen LogP contribution in [0.2, 0.25) is 0 Å². The highest BCUT2D eigenvalue weighted by Gasteiger charge is 2.09. The molecule has 0 fully saturated rings. The molecule has 2 rings (SSSR count). The number of benzene rings is 2. The average Bonchev–Trinajstić information content (AvgIpc) is 2.51. The number of anilines is 1. The first-order chi connectivity index (χ1) is 11.3. The van der Waals surface area contributed by atoms with E-state index in [9.17, 15) is 13.2 Å². The SMILES string of the molecule is Cc1cccc(OCNC(=O)Nc2ccc(S(=O)(=O)O)cc2)c1C. The molecule has 0 aromatic heterocycles. The number of amides is 2. The number of nitrogens with one attached hydrogen (secondary N) is 2. The average molecular weight is 350 g/mol. The van der Waals surface area contributed by atoms with Crippen LogP contribution in [0.5, 0.6) is 5.75 Å². The Morgan fingerprint density at radius 1 is 1.12 bits per heavy atom. The van der Waals surface area contributed by atoms with Gasteiger partial charge in [-0.2, -0.15) is 8.42 Å². The molecule has 0 saturated heterocycles. The summed E-state index contributed by atoms with van der Waals surface area (Å²) in [7, 11) is -4.25. The Balaban J connectivity index is 1.86. The van der Waals surface area contributed by atoms with Crippen molar-refractivity contribution in [3.8, 4) is 5.75 Å². The van der Waals surface area contributed by atoms with Crippen molar-refractivity contribution in [2.75, 3.05) is 12.0 Å². The van der Waals surface area contributed by atoms with Crippen LogP contribution in [-0.4, -0.2) is 25.7 Å². The normalized spacial score (nSPS) is 11.0. The first-order valence-corrected chi connectivity index (χ1v) is 8.53. The van der Waals surface area contributed by atoms with Gasteiger partial charge in [0, 0.05) is 5.69 Å². The maximum absolute atomic E-state index is 11.8. The number of urea groups is 1. The van der Waals surface area contributed by atoms with E-state index in [4.69, 9.17) is 9.29 Å². The van der Waals surface area contributed by atoms with Gasteiger partial charge in [0.25, 0.3) is 10.1 Å². The van der Waals surface area contributed by atoms with Gasteiger partial charge in [-0.1, -0.05) is 12.1 Å². The van der Waals surface area contributed by atoms with Gasteiger partial charge in [0.1, 0.15) is 5.75 Å². The number of ether oxygens (including phenoxy) is 1. The molecule has 0 atom stereocenters. The zero-order chi connectivity index (χ0) is 17.7. The van der Waals surface area contributed by atoms with Crippen LogP contribution in [0.15, 0.2) is 47.4 Å². The zero-order valence-electron chi connectivity index (χ0n) is 13.2. The Hall–Kier alpha value is -2.58. The molecule has 0 aliphatic rings. The number of aryl methyl sites for hydroxylation is 1. The standard InChI is InChI=1S/C16H18N2O5S/c1-11-4-3-5-15(12(11)2)23-10-17-16(19)18-13-6-8-14(9-7-13)24(20,21)22/h3-9H,10H2,1-2H3,(H2,17,18,19)(H,20,21,22). The fraction of sp³-hybridized carbons (Fsp3) is 0.188. The van der Waals surface area contributed by atoms with Crippen molar-refractivity contribution in [2.24, 2.45) is 0 Å². The van der Waals surface area contributed by atoms with Gasteiger partial charge in [0.05, 0.1) is 4.90 Å². The van der Waals surface area contributed by atoms with E-state index in [0.29, 0.717) is 11.4 Å². The smallest absolute Gasteiger partial charge is 0.321 e. The van der Waals surface area contributed by atoms with Crippen molar-refractivity contribution in [3.05, 3.63) is 53.6 Å². The van der Waals surface area contributed by atoms with Crippen LogP contribution in [-0.2, 0) is 10.1 Å². The fourth-order valence-electron chi connectivity index (χ4n) is 1.95. The van der Waals surface area contributed by atoms with Gasteiger partial charge in [0.15, 0.2) is 6.73 Å². The molecule has 3 N–H and O–H groups in total. The molecular formula is C16H18N2O5S. The molecule has 0 spiro atoms. The summed E-state index contributed by atoms with van der Waals surface area (Å²) in [5.41, 5.74) is 2.48. The third-order valence-corrected chi connectivity index (χ3v) is 4.29.